The molecule has 2 rings (SSSR count). The normalized spacial score (nSPS) is 28.4. The van der Waals surface area contributed by atoms with E-state index in [1.807, 2.05) is 6.92 Å². The molecule has 5 heteroatoms. The van der Waals surface area contributed by atoms with Gasteiger partial charge in [-0.25, -0.2) is 8.42 Å². The highest BCUT2D eigenvalue weighted by Crippen LogP contribution is 2.46. The molecular formula is C12H14O4S. The van der Waals surface area contributed by atoms with Crippen LogP contribution in [-0.4, -0.2) is 24.2 Å². The second-order valence-corrected chi connectivity index (χ2v) is 6.89. The molecule has 4 nitrogen and oxygen atoms in total. The maximum atomic E-state index is 12.3. The number of hydrogen-bond donors (Lipinski definition) is 1. The van der Waals surface area contributed by atoms with E-state index >= 15 is 0 Å². The molecule has 0 unspecified atom stereocenters. The van der Waals surface area contributed by atoms with Gasteiger partial charge in [-0.2, -0.15) is 0 Å². The van der Waals surface area contributed by atoms with Crippen LogP contribution in [0.3, 0.4) is 0 Å². The van der Waals surface area contributed by atoms with Crippen LogP contribution in [0.15, 0.2) is 35.2 Å². The molecule has 0 radical (unpaired) electrons. The highest BCUT2D eigenvalue weighted by atomic mass is 32.2. The SMILES string of the molecule is CC1CC(C(=O)O)(S(=O)(=O)c2ccccc2)C1. The minimum Gasteiger partial charge on any atom is -0.480 e. The van der Waals surface area contributed by atoms with Gasteiger partial charge in [0.1, 0.15) is 0 Å². The Balaban J connectivity index is 2.49. The van der Waals surface area contributed by atoms with Gasteiger partial charge in [0.15, 0.2) is 14.6 Å². The van der Waals surface area contributed by atoms with Gasteiger partial charge in [-0.05, 0) is 30.9 Å². The summed E-state index contributed by atoms with van der Waals surface area (Å²) < 4.78 is 23.1. The number of aliphatic carboxylic acids is 1. The monoisotopic (exact) mass is 254 g/mol. The number of carboxylic acid groups (broad SMARTS) is 1. The van der Waals surface area contributed by atoms with Crippen molar-refractivity contribution < 1.29 is 18.3 Å². The van der Waals surface area contributed by atoms with Crippen molar-refractivity contribution in [3.63, 3.8) is 0 Å². The van der Waals surface area contributed by atoms with Crippen LogP contribution in [-0.2, 0) is 14.6 Å². The number of rotatable bonds is 3. The molecule has 0 heterocycles. The first-order valence-electron chi connectivity index (χ1n) is 5.43. The fraction of sp³-hybridized carbons (Fsp3) is 0.417. The summed E-state index contributed by atoms with van der Waals surface area (Å²) in [6, 6.07) is 7.80. The van der Waals surface area contributed by atoms with Crippen LogP contribution in [0.25, 0.3) is 0 Å². The molecule has 0 saturated heterocycles. The fourth-order valence-corrected chi connectivity index (χ4v) is 4.60. The zero-order valence-electron chi connectivity index (χ0n) is 9.46. The maximum absolute atomic E-state index is 12.3. The molecule has 0 bridgehead atoms. The Morgan fingerprint density at radius 1 is 1.29 bits per heavy atom. The lowest BCUT2D eigenvalue weighted by molar-refractivity contribution is -0.143. The summed E-state index contributed by atoms with van der Waals surface area (Å²) >= 11 is 0. The first-order valence-corrected chi connectivity index (χ1v) is 6.91. The van der Waals surface area contributed by atoms with Crippen molar-refractivity contribution in [2.75, 3.05) is 0 Å². The summed E-state index contributed by atoms with van der Waals surface area (Å²) in [6.07, 6.45) is 0.388. The van der Waals surface area contributed by atoms with Gasteiger partial charge in [0, 0.05) is 0 Å². The van der Waals surface area contributed by atoms with Crippen LogP contribution in [0.1, 0.15) is 19.8 Å². The predicted molar refractivity (Wildman–Crippen MR) is 62.4 cm³/mol. The second kappa shape index (κ2) is 3.84. The third-order valence-corrected chi connectivity index (χ3v) is 5.74. The second-order valence-electron chi connectivity index (χ2n) is 4.63. The van der Waals surface area contributed by atoms with Gasteiger partial charge in [-0.15, -0.1) is 0 Å². The van der Waals surface area contributed by atoms with Crippen LogP contribution < -0.4 is 0 Å². The van der Waals surface area contributed by atoms with Gasteiger partial charge in [-0.3, -0.25) is 4.79 Å². The Hall–Kier alpha value is -1.36. The van der Waals surface area contributed by atoms with Gasteiger partial charge < -0.3 is 5.11 Å². The molecule has 0 aromatic heterocycles. The molecule has 0 aliphatic heterocycles. The summed E-state index contributed by atoms with van der Waals surface area (Å²) in [5.41, 5.74) is 0. The van der Waals surface area contributed by atoms with Crippen LogP contribution >= 0.6 is 0 Å². The molecule has 17 heavy (non-hydrogen) atoms. The minimum atomic E-state index is -3.80. The lowest BCUT2D eigenvalue weighted by Gasteiger charge is -2.41. The van der Waals surface area contributed by atoms with Gasteiger partial charge in [0.05, 0.1) is 4.90 Å². The van der Waals surface area contributed by atoms with Gasteiger partial charge >= 0.3 is 5.97 Å². The average molecular weight is 254 g/mol. The van der Waals surface area contributed by atoms with Crippen molar-refractivity contribution >= 4 is 15.8 Å². The highest BCUT2D eigenvalue weighted by Gasteiger charge is 2.59. The topological polar surface area (TPSA) is 71.4 Å². The third-order valence-electron chi connectivity index (χ3n) is 3.31. The first kappa shape index (κ1) is 12.1. The molecule has 0 amide bonds. The molecule has 1 aliphatic rings. The van der Waals surface area contributed by atoms with Crippen LogP contribution in [0, 0.1) is 5.92 Å². The van der Waals surface area contributed by atoms with E-state index in [1.54, 1.807) is 18.2 Å². The quantitative estimate of drug-likeness (QED) is 0.891. The van der Waals surface area contributed by atoms with E-state index in [0.29, 0.717) is 0 Å². The van der Waals surface area contributed by atoms with Crippen molar-refractivity contribution in [1.82, 2.24) is 0 Å². The Bertz CT molecular complexity index is 527. The molecule has 0 atom stereocenters. The van der Waals surface area contributed by atoms with Crippen molar-refractivity contribution in [2.24, 2.45) is 5.92 Å². The average Bonchev–Trinajstić information content (AvgIpc) is 2.25. The summed E-state index contributed by atoms with van der Waals surface area (Å²) in [4.78, 5) is 11.4. The molecule has 1 aliphatic carbocycles. The fourth-order valence-electron chi connectivity index (χ4n) is 2.40. The number of sulfone groups is 1. The maximum Gasteiger partial charge on any atom is 0.325 e. The number of carbonyl (C=O) groups is 1. The van der Waals surface area contributed by atoms with E-state index in [4.69, 9.17) is 0 Å². The van der Waals surface area contributed by atoms with Crippen LogP contribution in [0.5, 0.6) is 0 Å². The van der Waals surface area contributed by atoms with Gasteiger partial charge in [0.25, 0.3) is 0 Å². The number of carboxylic acids is 1. The van der Waals surface area contributed by atoms with E-state index in [1.165, 1.54) is 12.1 Å². The van der Waals surface area contributed by atoms with Crippen molar-refractivity contribution in [3.05, 3.63) is 30.3 Å². The molecule has 1 aromatic rings. The van der Waals surface area contributed by atoms with E-state index in [9.17, 15) is 18.3 Å². The summed E-state index contributed by atoms with van der Waals surface area (Å²) in [7, 11) is -3.80. The van der Waals surface area contributed by atoms with Crippen molar-refractivity contribution in [2.45, 2.75) is 29.4 Å². The molecule has 1 N–H and O–H groups in total. The number of benzene rings is 1. The number of hydrogen-bond acceptors (Lipinski definition) is 3. The largest absolute Gasteiger partial charge is 0.480 e. The molecule has 0 spiro atoms. The standard InChI is InChI=1S/C12H14O4S/c1-9-7-12(8-9,11(13)14)17(15,16)10-5-3-2-4-6-10/h2-6,9H,7-8H2,1H3,(H,13,14). The van der Waals surface area contributed by atoms with Crippen LogP contribution in [0.2, 0.25) is 0 Å². The highest BCUT2D eigenvalue weighted by molar-refractivity contribution is 7.93. The van der Waals surface area contributed by atoms with Crippen molar-refractivity contribution in [1.29, 1.82) is 0 Å². The summed E-state index contributed by atoms with van der Waals surface area (Å²) in [5, 5.41) is 9.22. The Morgan fingerprint density at radius 2 is 1.82 bits per heavy atom. The van der Waals surface area contributed by atoms with E-state index in [-0.39, 0.29) is 23.7 Å². The Morgan fingerprint density at radius 3 is 2.24 bits per heavy atom. The molecular weight excluding hydrogens is 240 g/mol. The van der Waals surface area contributed by atoms with Gasteiger partial charge in [-0.1, -0.05) is 25.1 Å². The van der Waals surface area contributed by atoms with E-state index in [2.05, 4.69) is 0 Å². The minimum absolute atomic E-state index is 0.0919. The lowest BCUT2D eigenvalue weighted by Crippen LogP contribution is -2.55. The molecule has 1 aromatic carbocycles. The smallest absolute Gasteiger partial charge is 0.325 e. The van der Waals surface area contributed by atoms with Gasteiger partial charge in [0.2, 0.25) is 0 Å². The zero-order valence-corrected chi connectivity index (χ0v) is 10.3. The Kier molecular flexibility index (Phi) is 2.73. The van der Waals surface area contributed by atoms with E-state index < -0.39 is 20.6 Å². The Labute approximate surface area is 100 Å². The van der Waals surface area contributed by atoms with Crippen molar-refractivity contribution in [3.8, 4) is 0 Å². The lowest BCUT2D eigenvalue weighted by atomic mass is 9.75. The summed E-state index contributed by atoms with van der Waals surface area (Å²) in [5.74, 6) is -1.09. The summed E-state index contributed by atoms with van der Waals surface area (Å²) in [6.45, 7) is 1.86. The molecule has 1 saturated carbocycles. The molecule has 1 fully saturated rings. The zero-order chi connectivity index (χ0) is 12.7. The van der Waals surface area contributed by atoms with Crippen LogP contribution in [0.4, 0.5) is 0 Å². The first-order chi connectivity index (χ1) is 7.90. The molecule has 92 valence electrons. The third kappa shape index (κ3) is 1.65. The van der Waals surface area contributed by atoms with E-state index in [0.717, 1.165) is 0 Å². The predicted octanol–water partition coefficient (Wildman–Crippen LogP) is 1.71.